The van der Waals surface area contributed by atoms with Crippen molar-refractivity contribution in [1.29, 1.82) is 0 Å². The molecule has 32 heavy (non-hydrogen) atoms. The first-order chi connectivity index (χ1) is 14.8. The van der Waals surface area contributed by atoms with E-state index >= 15 is 0 Å². The lowest BCUT2D eigenvalue weighted by Gasteiger charge is -2.32. The summed E-state index contributed by atoms with van der Waals surface area (Å²) < 4.78 is 12.7. The van der Waals surface area contributed by atoms with Crippen LogP contribution in [0.3, 0.4) is 0 Å². The van der Waals surface area contributed by atoms with Crippen LogP contribution in [-0.2, 0) is 9.31 Å². The summed E-state index contributed by atoms with van der Waals surface area (Å²) in [4.78, 5) is 0. The third-order valence-electron chi connectivity index (χ3n) is 8.51. The van der Waals surface area contributed by atoms with Crippen molar-refractivity contribution in [3.8, 4) is 11.1 Å². The molecular weight excluding hydrogens is 383 g/mol. The Bertz CT molecular complexity index is 1240. The van der Waals surface area contributed by atoms with E-state index in [-0.39, 0.29) is 18.3 Å². The molecule has 1 fully saturated rings. The van der Waals surface area contributed by atoms with Crippen molar-refractivity contribution >= 4 is 117 Å². The van der Waals surface area contributed by atoms with E-state index in [2.05, 4.69) is 107 Å². The average Bonchev–Trinajstić information content (AvgIpc) is 2.96. The molecular formula is C22H30B8O2. The summed E-state index contributed by atoms with van der Waals surface area (Å²) in [6.07, 6.45) is 0. The summed E-state index contributed by atoms with van der Waals surface area (Å²) >= 11 is 0. The van der Waals surface area contributed by atoms with E-state index in [1.165, 1.54) is 60.1 Å². The van der Waals surface area contributed by atoms with E-state index in [4.69, 9.17) is 9.31 Å². The molecule has 0 bridgehead atoms. The second kappa shape index (κ2) is 7.70. The standard InChI is InChI=1S/C22H30B8O2/c1-21(2)22(3,4)32-30(31-21)10-7-5-6-9(8-10)11-12-13(16(25)18(27)14(11)23)17(26)20(29)19(28)15(12)24/h5-8H,23-29H2,1-4H3. The second-order valence-electron chi connectivity index (χ2n) is 10.7. The Morgan fingerprint density at radius 1 is 0.625 bits per heavy atom. The molecule has 1 aliphatic heterocycles. The van der Waals surface area contributed by atoms with Gasteiger partial charge in [0.25, 0.3) is 0 Å². The lowest BCUT2D eigenvalue weighted by atomic mass is 9.58. The summed E-state index contributed by atoms with van der Waals surface area (Å²) in [7, 11) is 15.5. The predicted octanol–water partition coefficient (Wildman–Crippen LogP) is -7.39. The first-order valence-corrected chi connectivity index (χ1v) is 11.7. The highest BCUT2D eigenvalue weighted by molar-refractivity contribution is 6.72. The second-order valence-corrected chi connectivity index (χ2v) is 10.7. The van der Waals surface area contributed by atoms with Gasteiger partial charge in [0.15, 0.2) is 0 Å². The molecule has 0 unspecified atom stereocenters. The Morgan fingerprint density at radius 2 is 1.09 bits per heavy atom. The minimum Gasteiger partial charge on any atom is -0.399 e. The van der Waals surface area contributed by atoms with Gasteiger partial charge in [-0.3, -0.25) is 0 Å². The molecule has 0 atom stereocenters. The van der Waals surface area contributed by atoms with Crippen LogP contribution in [0.2, 0.25) is 0 Å². The van der Waals surface area contributed by atoms with Crippen LogP contribution in [0.1, 0.15) is 27.7 Å². The molecule has 0 saturated carbocycles. The highest BCUT2D eigenvalue weighted by Crippen LogP contribution is 2.36. The molecule has 0 N–H and O–H groups in total. The molecule has 3 aromatic rings. The molecule has 0 amide bonds. The summed E-state index contributed by atoms with van der Waals surface area (Å²) in [6.45, 7) is 8.42. The van der Waals surface area contributed by atoms with Crippen molar-refractivity contribution in [3.05, 3.63) is 24.3 Å². The molecule has 1 aliphatic rings. The highest BCUT2D eigenvalue weighted by atomic mass is 16.7. The lowest BCUT2D eigenvalue weighted by molar-refractivity contribution is 0.00578. The third kappa shape index (κ3) is 3.37. The Kier molecular flexibility index (Phi) is 5.66. The number of fused-ring (bicyclic) bond motifs is 1. The van der Waals surface area contributed by atoms with Gasteiger partial charge in [-0.1, -0.05) is 46.1 Å². The van der Waals surface area contributed by atoms with Crippen LogP contribution in [0.5, 0.6) is 0 Å². The molecule has 3 aromatic carbocycles. The van der Waals surface area contributed by atoms with Crippen LogP contribution in [-0.4, -0.2) is 73.2 Å². The lowest BCUT2D eigenvalue weighted by Crippen LogP contribution is -2.52. The Hall–Kier alpha value is -1.64. The Balaban J connectivity index is 1.99. The number of hydrogen-bond donors (Lipinski definition) is 0. The zero-order valence-electron chi connectivity index (χ0n) is 21.7. The molecule has 154 valence electrons. The van der Waals surface area contributed by atoms with Gasteiger partial charge in [-0.2, -0.15) is 0 Å². The van der Waals surface area contributed by atoms with Crippen LogP contribution in [0, 0.1) is 0 Å². The van der Waals surface area contributed by atoms with Crippen molar-refractivity contribution in [2.24, 2.45) is 0 Å². The van der Waals surface area contributed by atoms with Gasteiger partial charge in [0.1, 0.15) is 54.9 Å². The molecule has 10 heteroatoms. The smallest absolute Gasteiger partial charge is 0.399 e. The Morgan fingerprint density at radius 3 is 1.62 bits per heavy atom. The van der Waals surface area contributed by atoms with Crippen molar-refractivity contribution in [3.63, 3.8) is 0 Å². The average molecular weight is 413 g/mol. The van der Waals surface area contributed by atoms with Crippen LogP contribution in [0.4, 0.5) is 0 Å². The summed E-state index contributed by atoms with van der Waals surface area (Å²) in [5.41, 5.74) is 12.6. The monoisotopic (exact) mass is 414 g/mol. The summed E-state index contributed by atoms with van der Waals surface area (Å²) in [5.74, 6) is 0. The minimum absolute atomic E-state index is 0.348. The maximum Gasteiger partial charge on any atom is 0.494 e. The van der Waals surface area contributed by atoms with Crippen LogP contribution < -0.4 is 43.7 Å². The summed E-state index contributed by atoms with van der Waals surface area (Å²) in [5, 5.41) is 2.79. The summed E-state index contributed by atoms with van der Waals surface area (Å²) in [6, 6.07) is 8.76. The number of hydrogen-bond acceptors (Lipinski definition) is 2. The van der Waals surface area contributed by atoms with E-state index in [0.29, 0.717) is 0 Å². The van der Waals surface area contributed by atoms with E-state index < -0.39 is 0 Å². The number of rotatable bonds is 2. The fraction of sp³-hybridized carbons (Fsp3) is 0.273. The molecule has 1 saturated heterocycles. The molecule has 1 heterocycles. The first-order valence-electron chi connectivity index (χ1n) is 11.7. The van der Waals surface area contributed by atoms with Gasteiger partial charge >= 0.3 is 7.12 Å². The minimum atomic E-state index is -0.357. The topological polar surface area (TPSA) is 18.5 Å². The fourth-order valence-corrected chi connectivity index (χ4v) is 5.12. The van der Waals surface area contributed by atoms with Gasteiger partial charge in [-0.05, 0) is 55.1 Å². The fourth-order valence-electron chi connectivity index (χ4n) is 5.12. The maximum absolute atomic E-state index is 6.36. The van der Waals surface area contributed by atoms with E-state index in [1.807, 2.05) is 0 Å². The van der Waals surface area contributed by atoms with Gasteiger partial charge in [0, 0.05) is 0 Å². The molecule has 4 rings (SSSR count). The molecule has 0 radical (unpaired) electrons. The zero-order chi connectivity index (χ0) is 23.7. The predicted molar refractivity (Wildman–Crippen MR) is 162 cm³/mol. The molecule has 0 aliphatic carbocycles. The van der Waals surface area contributed by atoms with Crippen molar-refractivity contribution < 1.29 is 9.31 Å². The largest absolute Gasteiger partial charge is 0.494 e. The van der Waals surface area contributed by atoms with E-state index in [0.717, 1.165) is 5.46 Å². The first kappa shape index (κ1) is 23.5. The van der Waals surface area contributed by atoms with E-state index in [9.17, 15) is 0 Å². The molecule has 2 nitrogen and oxygen atoms in total. The maximum atomic E-state index is 6.36. The van der Waals surface area contributed by atoms with Gasteiger partial charge in [-0.15, -0.1) is 16.4 Å². The van der Waals surface area contributed by atoms with Crippen molar-refractivity contribution in [2.75, 3.05) is 0 Å². The van der Waals surface area contributed by atoms with Crippen LogP contribution in [0.15, 0.2) is 24.3 Å². The highest BCUT2D eigenvalue weighted by Gasteiger charge is 2.51. The van der Waals surface area contributed by atoms with Gasteiger partial charge in [0.2, 0.25) is 0 Å². The molecule has 0 spiro atoms. The van der Waals surface area contributed by atoms with Gasteiger partial charge < -0.3 is 9.31 Å². The van der Waals surface area contributed by atoms with Crippen molar-refractivity contribution in [1.82, 2.24) is 0 Å². The van der Waals surface area contributed by atoms with Crippen molar-refractivity contribution in [2.45, 2.75) is 38.9 Å². The quantitative estimate of drug-likeness (QED) is 0.389. The molecule has 0 aromatic heterocycles. The number of benzene rings is 3. The normalized spacial score (nSPS) is 17.2. The van der Waals surface area contributed by atoms with Crippen LogP contribution in [0.25, 0.3) is 21.9 Å². The van der Waals surface area contributed by atoms with Crippen LogP contribution >= 0.6 is 0 Å². The van der Waals surface area contributed by atoms with Gasteiger partial charge in [0.05, 0.1) is 11.2 Å². The zero-order valence-corrected chi connectivity index (χ0v) is 21.7. The SMILES string of the molecule is Bc1c(B)c(B)c2c(-c3cccc(B4OC(C)(C)C(C)(C)O4)c3)c(B)c(B)c(B)c2c1B. The third-order valence-corrected chi connectivity index (χ3v) is 8.51. The Labute approximate surface area is 200 Å². The van der Waals surface area contributed by atoms with Gasteiger partial charge in [-0.25, -0.2) is 0 Å². The van der Waals surface area contributed by atoms with E-state index in [1.54, 1.807) is 0 Å².